The van der Waals surface area contributed by atoms with Crippen molar-refractivity contribution >= 4 is 5.97 Å². The minimum Gasteiger partial charge on any atom is -0.479 e. The first-order valence-corrected chi connectivity index (χ1v) is 7.07. The fraction of sp³-hybridized carbons (Fsp3) is 0.917. The van der Waals surface area contributed by atoms with E-state index in [4.69, 9.17) is 19.7 Å². The third-order valence-corrected chi connectivity index (χ3v) is 3.95. The Labute approximate surface area is 135 Å². The Balaban J connectivity index is 2.10. The molecule has 0 radical (unpaired) electrons. The summed E-state index contributed by atoms with van der Waals surface area (Å²) in [4.78, 5) is 10.9. The Morgan fingerprint density at radius 1 is 0.875 bits per heavy atom. The van der Waals surface area contributed by atoms with Crippen LogP contribution in [-0.2, 0) is 19.0 Å². The van der Waals surface area contributed by atoms with Crippen molar-refractivity contribution in [2.45, 2.75) is 61.4 Å². The van der Waals surface area contributed by atoms with Crippen molar-refractivity contribution in [1.82, 2.24) is 0 Å². The smallest absolute Gasteiger partial charge is 0.335 e. The van der Waals surface area contributed by atoms with Crippen LogP contribution < -0.4 is 0 Å². The number of carboxylic acids is 1. The van der Waals surface area contributed by atoms with Crippen molar-refractivity contribution < 1.29 is 59.9 Å². The number of carboxylic acid groups (broad SMARTS) is 1. The lowest BCUT2D eigenvalue weighted by Crippen LogP contribution is -2.64. The van der Waals surface area contributed by atoms with E-state index in [1.54, 1.807) is 0 Å². The van der Waals surface area contributed by atoms with E-state index in [9.17, 15) is 35.4 Å². The van der Waals surface area contributed by atoms with Gasteiger partial charge >= 0.3 is 5.97 Å². The van der Waals surface area contributed by atoms with Crippen LogP contribution in [0.3, 0.4) is 0 Å². The minimum absolute atomic E-state index is 0.721. The summed E-state index contributed by atoms with van der Waals surface area (Å²) < 4.78 is 14.8. The minimum atomic E-state index is -1.99. The zero-order valence-electron chi connectivity index (χ0n) is 12.2. The number of carbonyl (C=O) groups is 1. The third-order valence-electron chi connectivity index (χ3n) is 3.95. The van der Waals surface area contributed by atoms with Gasteiger partial charge in [-0.3, -0.25) is 0 Å². The number of ether oxygens (including phenoxy) is 3. The standard InChI is InChI=1S/C12H20O12/c13-1-2-3(14)4(15)7(18)12(22-2)24-9-6(17)5(16)8(10(19)20)23-11(9)21/h2-9,11-18,21H,1H2,(H,19,20)/t2-,3-,4+,5+,6+,7+,8+,9-,11+,12-/m1/s1. The first kappa shape index (κ1) is 19.4. The van der Waals surface area contributed by atoms with Crippen molar-refractivity contribution in [2.24, 2.45) is 0 Å². The number of aliphatic hydroxyl groups is 7. The molecule has 2 saturated heterocycles. The van der Waals surface area contributed by atoms with E-state index in [0.29, 0.717) is 0 Å². The van der Waals surface area contributed by atoms with Gasteiger partial charge in [0.25, 0.3) is 0 Å². The summed E-state index contributed by atoms with van der Waals surface area (Å²) in [6, 6.07) is 0. The third kappa shape index (κ3) is 3.52. The van der Waals surface area contributed by atoms with Gasteiger partial charge in [0.15, 0.2) is 18.7 Å². The number of hydrogen-bond acceptors (Lipinski definition) is 11. The first-order valence-electron chi connectivity index (χ1n) is 7.07. The van der Waals surface area contributed by atoms with E-state index in [2.05, 4.69) is 4.74 Å². The Bertz CT molecular complexity index is 444. The molecular formula is C12H20O12. The zero-order valence-corrected chi connectivity index (χ0v) is 12.2. The van der Waals surface area contributed by atoms with E-state index < -0.39 is 74.0 Å². The SMILES string of the molecule is O=C(O)[C@H]1O[C@H](O)[C@H](O[C@H]2O[C@H](CO)[C@@H](O)[C@H](O)[C@@H]2O)[C@@H](O)[C@@H]1O. The quantitative estimate of drug-likeness (QED) is 0.238. The summed E-state index contributed by atoms with van der Waals surface area (Å²) in [5, 5.41) is 76.4. The molecule has 2 rings (SSSR count). The van der Waals surface area contributed by atoms with Gasteiger partial charge in [0.05, 0.1) is 6.61 Å². The molecular weight excluding hydrogens is 336 g/mol. The van der Waals surface area contributed by atoms with Crippen LogP contribution in [0.1, 0.15) is 0 Å². The highest BCUT2D eigenvalue weighted by Gasteiger charge is 2.51. The maximum Gasteiger partial charge on any atom is 0.335 e. The van der Waals surface area contributed by atoms with Crippen LogP contribution >= 0.6 is 0 Å². The van der Waals surface area contributed by atoms with E-state index in [0.717, 1.165) is 0 Å². The summed E-state index contributed by atoms with van der Waals surface area (Å²) in [5.41, 5.74) is 0. The molecule has 0 spiro atoms. The fourth-order valence-electron chi connectivity index (χ4n) is 2.54. The normalized spacial score (nSPS) is 49.8. The molecule has 0 aliphatic carbocycles. The van der Waals surface area contributed by atoms with Gasteiger partial charge in [0, 0.05) is 0 Å². The maximum atomic E-state index is 10.9. The average molecular weight is 356 g/mol. The van der Waals surface area contributed by atoms with Crippen LogP contribution in [0.15, 0.2) is 0 Å². The van der Waals surface area contributed by atoms with Crippen LogP contribution in [-0.4, -0.2) is 115 Å². The Hall–Kier alpha value is -0.930. The highest BCUT2D eigenvalue weighted by molar-refractivity contribution is 5.73. The van der Waals surface area contributed by atoms with E-state index in [1.165, 1.54) is 0 Å². The van der Waals surface area contributed by atoms with Gasteiger partial charge < -0.3 is 55.1 Å². The van der Waals surface area contributed by atoms with Crippen molar-refractivity contribution in [1.29, 1.82) is 0 Å². The number of aliphatic hydroxyl groups excluding tert-OH is 7. The molecule has 12 heteroatoms. The second-order valence-electron chi connectivity index (χ2n) is 5.56. The van der Waals surface area contributed by atoms with Crippen molar-refractivity contribution in [3.05, 3.63) is 0 Å². The number of hydrogen-bond donors (Lipinski definition) is 8. The van der Waals surface area contributed by atoms with Gasteiger partial charge in [-0.15, -0.1) is 0 Å². The molecule has 8 N–H and O–H groups in total. The molecule has 2 fully saturated rings. The van der Waals surface area contributed by atoms with E-state index in [-0.39, 0.29) is 0 Å². The van der Waals surface area contributed by atoms with E-state index >= 15 is 0 Å². The number of rotatable bonds is 4. The molecule has 2 heterocycles. The van der Waals surface area contributed by atoms with Crippen LogP contribution in [0.4, 0.5) is 0 Å². The molecule has 0 saturated carbocycles. The summed E-state index contributed by atoms with van der Waals surface area (Å²) in [6.07, 6.45) is -17.7. The van der Waals surface area contributed by atoms with Gasteiger partial charge in [0.1, 0.15) is 42.7 Å². The largest absolute Gasteiger partial charge is 0.479 e. The van der Waals surface area contributed by atoms with Crippen LogP contribution in [0, 0.1) is 0 Å². The predicted octanol–water partition coefficient (Wildman–Crippen LogP) is -5.30. The highest BCUT2D eigenvalue weighted by atomic mass is 16.7. The molecule has 0 aromatic heterocycles. The van der Waals surface area contributed by atoms with Crippen molar-refractivity contribution in [3.63, 3.8) is 0 Å². The van der Waals surface area contributed by atoms with Gasteiger partial charge in [-0.25, -0.2) is 4.79 Å². The van der Waals surface area contributed by atoms with Gasteiger partial charge in [-0.1, -0.05) is 0 Å². The summed E-state index contributed by atoms with van der Waals surface area (Å²) in [6.45, 7) is -0.721. The summed E-state index contributed by atoms with van der Waals surface area (Å²) >= 11 is 0. The molecule has 12 nitrogen and oxygen atoms in total. The fourth-order valence-corrected chi connectivity index (χ4v) is 2.54. The van der Waals surface area contributed by atoms with Gasteiger partial charge in [-0.2, -0.15) is 0 Å². The zero-order chi connectivity index (χ0) is 18.2. The lowest BCUT2D eigenvalue weighted by Gasteiger charge is -2.44. The van der Waals surface area contributed by atoms with Gasteiger partial charge in [-0.05, 0) is 0 Å². The molecule has 24 heavy (non-hydrogen) atoms. The van der Waals surface area contributed by atoms with Crippen LogP contribution in [0.5, 0.6) is 0 Å². The molecule has 10 atom stereocenters. The average Bonchev–Trinajstić information content (AvgIpc) is 2.54. The number of aliphatic carboxylic acids is 1. The second kappa shape index (κ2) is 7.53. The van der Waals surface area contributed by atoms with Crippen molar-refractivity contribution in [3.8, 4) is 0 Å². The van der Waals surface area contributed by atoms with Crippen LogP contribution in [0.2, 0.25) is 0 Å². The topological polar surface area (TPSA) is 207 Å². The first-order chi connectivity index (χ1) is 11.2. The Morgan fingerprint density at radius 3 is 2.04 bits per heavy atom. The lowest BCUT2D eigenvalue weighted by molar-refractivity contribution is -0.358. The molecule has 0 unspecified atom stereocenters. The molecule has 0 aromatic rings. The Kier molecular flexibility index (Phi) is 6.09. The highest BCUT2D eigenvalue weighted by Crippen LogP contribution is 2.28. The van der Waals surface area contributed by atoms with Gasteiger partial charge in [0.2, 0.25) is 0 Å². The second-order valence-corrected chi connectivity index (χ2v) is 5.56. The predicted molar refractivity (Wildman–Crippen MR) is 69.2 cm³/mol. The lowest BCUT2D eigenvalue weighted by atomic mass is 9.97. The molecule has 0 amide bonds. The summed E-state index contributed by atoms with van der Waals surface area (Å²) in [7, 11) is 0. The molecule has 2 aliphatic rings. The molecule has 140 valence electrons. The molecule has 2 aliphatic heterocycles. The van der Waals surface area contributed by atoms with Crippen molar-refractivity contribution in [2.75, 3.05) is 6.61 Å². The maximum absolute atomic E-state index is 10.9. The van der Waals surface area contributed by atoms with Crippen LogP contribution in [0.25, 0.3) is 0 Å². The monoisotopic (exact) mass is 356 g/mol. The van der Waals surface area contributed by atoms with E-state index in [1.807, 2.05) is 0 Å². The Morgan fingerprint density at radius 2 is 1.50 bits per heavy atom. The summed E-state index contributed by atoms with van der Waals surface area (Å²) in [5.74, 6) is -1.62. The molecule has 0 bridgehead atoms. The molecule has 0 aromatic carbocycles.